The van der Waals surface area contributed by atoms with E-state index in [1.165, 1.54) is 0 Å². The second kappa shape index (κ2) is 6.72. The van der Waals surface area contributed by atoms with Gasteiger partial charge in [-0.25, -0.2) is 0 Å². The van der Waals surface area contributed by atoms with Gasteiger partial charge in [-0.05, 0) is 24.3 Å². The highest BCUT2D eigenvalue weighted by atomic mass is 16.5. The molecule has 1 amide bonds. The zero-order chi connectivity index (χ0) is 15.2. The lowest BCUT2D eigenvalue weighted by Crippen LogP contribution is -2.15. The maximum absolute atomic E-state index is 12.0. The molecule has 22 heavy (non-hydrogen) atoms. The summed E-state index contributed by atoms with van der Waals surface area (Å²) in [4.78, 5) is 16.3. The van der Waals surface area contributed by atoms with Crippen molar-refractivity contribution < 1.29 is 9.53 Å². The van der Waals surface area contributed by atoms with E-state index in [4.69, 9.17) is 4.74 Å². The fourth-order valence-electron chi connectivity index (χ4n) is 2.20. The van der Waals surface area contributed by atoms with E-state index in [2.05, 4.69) is 10.3 Å². The standard InChI is InChI=1S/C18H16N2O2/c21-17(11-13-22-15-8-2-1-3-9-15)20-16-10-4-6-14-7-5-12-19-18(14)16/h1-10,12H,11,13H2,(H,20,21). The highest BCUT2D eigenvalue weighted by Gasteiger charge is 2.06. The molecule has 0 spiro atoms. The van der Waals surface area contributed by atoms with Crippen molar-refractivity contribution in [3.63, 3.8) is 0 Å². The largest absolute Gasteiger partial charge is 0.493 e. The topological polar surface area (TPSA) is 51.2 Å². The summed E-state index contributed by atoms with van der Waals surface area (Å²) in [5.74, 6) is 0.677. The second-order valence-corrected chi connectivity index (χ2v) is 4.84. The van der Waals surface area contributed by atoms with E-state index in [-0.39, 0.29) is 12.3 Å². The molecule has 1 aromatic heterocycles. The summed E-state index contributed by atoms with van der Waals surface area (Å²) in [7, 11) is 0. The van der Waals surface area contributed by atoms with Crippen LogP contribution in [0, 0.1) is 0 Å². The lowest BCUT2D eigenvalue weighted by molar-refractivity contribution is -0.116. The molecule has 0 aliphatic rings. The second-order valence-electron chi connectivity index (χ2n) is 4.84. The van der Waals surface area contributed by atoms with Crippen molar-refractivity contribution in [1.29, 1.82) is 0 Å². The van der Waals surface area contributed by atoms with E-state index < -0.39 is 0 Å². The molecule has 4 nitrogen and oxygen atoms in total. The Morgan fingerprint density at radius 1 is 1.00 bits per heavy atom. The number of hydrogen-bond donors (Lipinski definition) is 1. The maximum atomic E-state index is 12.0. The smallest absolute Gasteiger partial charge is 0.227 e. The molecule has 0 bridgehead atoms. The van der Waals surface area contributed by atoms with Crippen LogP contribution >= 0.6 is 0 Å². The first-order chi connectivity index (χ1) is 10.8. The van der Waals surface area contributed by atoms with Crippen molar-refractivity contribution in [2.45, 2.75) is 6.42 Å². The molecule has 0 fully saturated rings. The average molecular weight is 292 g/mol. The number of aromatic nitrogens is 1. The van der Waals surface area contributed by atoms with Crippen molar-refractivity contribution in [2.75, 3.05) is 11.9 Å². The van der Waals surface area contributed by atoms with Crippen LogP contribution in [0.4, 0.5) is 5.69 Å². The molecule has 0 saturated heterocycles. The Morgan fingerprint density at radius 2 is 1.82 bits per heavy atom. The van der Waals surface area contributed by atoms with Crippen molar-refractivity contribution in [3.8, 4) is 5.75 Å². The molecule has 0 saturated carbocycles. The third-order valence-electron chi connectivity index (χ3n) is 3.25. The van der Waals surface area contributed by atoms with Gasteiger partial charge in [0.2, 0.25) is 5.91 Å². The lowest BCUT2D eigenvalue weighted by Gasteiger charge is -2.09. The molecule has 0 radical (unpaired) electrons. The zero-order valence-corrected chi connectivity index (χ0v) is 12.0. The molecule has 0 unspecified atom stereocenters. The normalized spacial score (nSPS) is 10.4. The maximum Gasteiger partial charge on any atom is 0.227 e. The van der Waals surface area contributed by atoms with Gasteiger partial charge in [0.05, 0.1) is 24.2 Å². The van der Waals surface area contributed by atoms with Gasteiger partial charge in [-0.3, -0.25) is 9.78 Å². The predicted molar refractivity (Wildman–Crippen MR) is 86.9 cm³/mol. The molecule has 4 heteroatoms. The first-order valence-electron chi connectivity index (χ1n) is 7.14. The van der Waals surface area contributed by atoms with E-state index in [0.717, 1.165) is 22.3 Å². The van der Waals surface area contributed by atoms with Crippen LogP contribution in [-0.2, 0) is 4.79 Å². The summed E-state index contributed by atoms with van der Waals surface area (Å²) in [5.41, 5.74) is 1.52. The minimum Gasteiger partial charge on any atom is -0.493 e. The van der Waals surface area contributed by atoms with Crippen LogP contribution in [0.1, 0.15) is 6.42 Å². The van der Waals surface area contributed by atoms with Crippen LogP contribution in [0.15, 0.2) is 66.9 Å². The average Bonchev–Trinajstić information content (AvgIpc) is 2.56. The number of para-hydroxylation sites is 2. The van der Waals surface area contributed by atoms with Gasteiger partial charge >= 0.3 is 0 Å². The quantitative estimate of drug-likeness (QED) is 0.781. The van der Waals surface area contributed by atoms with Gasteiger partial charge in [-0.15, -0.1) is 0 Å². The van der Waals surface area contributed by atoms with Gasteiger partial charge in [-0.1, -0.05) is 36.4 Å². The number of carbonyl (C=O) groups is 1. The van der Waals surface area contributed by atoms with Gasteiger partial charge in [0.1, 0.15) is 5.75 Å². The molecule has 0 atom stereocenters. The van der Waals surface area contributed by atoms with E-state index in [1.807, 2.05) is 60.7 Å². The molecule has 0 aliphatic heterocycles. The summed E-state index contributed by atoms with van der Waals surface area (Å²) in [6, 6.07) is 19.0. The van der Waals surface area contributed by atoms with Crippen molar-refractivity contribution in [1.82, 2.24) is 4.98 Å². The fraction of sp³-hybridized carbons (Fsp3) is 0.111. The molecule has 2 aromatic carbocycles. The number of nitrogens with zero attached hydrogens (tertiary/aromatic N) is 1. The minimum absolute atomic E-state index is 0.0888. The third-order valence-corrected chi connectivity index (χ3v) is 3.25. The molecule has 110 valence electrons. The number of anilines is 1. The number of nitrogens with one attached hydrogen (secondary N) is 1. The molecule has 3 rings (SSSR count). The SMILES string of the molecule is O=C(CCOc1ccccc1)Nc1cccc2cccnc12. The number of pyridine rings is 1. The van der Waals surface area contributed by atoms with Gasteiger partial charge in [0.15, 0.2) is 0 Å². The van der Waals surface area contributed by atoms with Gasteiger partial charge in [-0.2, -0.15) is 0 Å². The Morgan fingerprint density at radius 3 is 2.68 bits per heavy atom. The molecule has 1 heterocycles. The molecule has 1 N–H and O–H groups in total. The third kappa shape index (κ3) is 3.41. The van der Waals surface area contributed by atoms with Crippen LogP contribution in [0.3, 0.4) is 0 Å². The fourth-order valence-corrected chi connectivity index (χ4v) is 2.20. The van der Waals surface area contributed by atoms with Crippen LogP contribution in [-0.4, -0.2) is 17.5 Å². The van der Waals surface area contributed by atoms with Crippen LogP contribution < -0.4 is 10.1 Å². The number of hydrogen-bond acceptors (Lipinski definition) is 3. The number of fused-ring (bicyclic) bond motifs is 1. The van der Waals surface area contributed by atoms with E-state index >= 15 is 0 Å². The van der Waals surface area contributed by atoms with E-state index in [9.17, 15) is 4.79 Å². The monoisotopic (exact) mass is 292 g/mol. The summed E-state index contributed by atoms with van der Waals surface area (Å²) in [6.07, 6.45) is 2.01. The number of rotatable bonds is 5. The first kappa shape index (κ1) is 14.1. The van der Waals surface area contributed by atoms with Gasteiger partial charge < -0.3 is 10.1 Å². The van der Waals surface area contributed by atoms with E-state index in [1.54, 1.807) is 6.20 Å². The number of carbonyl (C=O) groups excluding carboxylic acids is 1. The summed E-state index contributed by atoms with van der Waals surface area (Å²) in [5, 5.41) is 3.89. The van der Waals surface area contributed by atoms with Crippen molar-refractivity contribution in [3.05, 3.63) is 66.9 Å². The number of ether oxygens (including phenoxy) is 1. The summed E-state index contributed by atoms with van der Waals surface area (Å²) < 4.78 is 5.53. The molecular weight excluding hydrogens is 276 g/mol. The van der Waals surface area contributed by atoms with Crippen LogP contribution in [0.25, 0.3) is 10.9 Å². The van der Waals surface area contributed by atoms with Gasteiger partial charge in [0, 0.05) is 11.6 Å². The Bertz CT molecular complexity index is 767. The lowest BCUT2D eigenvalue weighted by atomic mass is 10.2. The minimum atomic E-state index is -0.0888. The van der Waals surface area contributed by atoms with Crippen molar-refractivity contribution in [2.24, 2.45) is 0 Å². The first-order valence-corrected chi connectivity index (χ1v) is 7.14. The Balaban J connectivity index is 1.59. The molecule has 3 aromatic rings. The number of amides is 1. The predicted octanol–water partition coefficient (Wildman–Crippen LogP) is 3.64. The Labute approximate surface area is 128 Å². The highest BCUT2D eigenvalue weighted by Crippen LogP contribution is 2.20. The van der Waals surface area contributed by atoms with Crippen LogP contribution in [0.5, 0.6) is 5.75 Å². The van der Waals surface area contributed by atoms with E-state index in [0.29, 0.717) is 6.61 Å². The summed E-state index contributed by atoms with van der Waals surface area (Å²) in [6.45, 7) is 0.341. The van der Waals surface area contributed by atoms with Crippen molar-refractivity contribution >= 4 is 22.5 Å². The highest BCUT2D eigenvalue weighted by molar-refractivity contribution is 6.00. The Kier molecular flexibility index (Phi) is 4.30. The Hall–Kier alpha value is -2.88. The number of benzene rings is 2. The summed E-state index contributed by atoms with van der Waals surface area (Å²) >= 11 is 0. The molecule has 0 aliphatic carbocycles. The molecular formula is C18H16N2O2. The van der Waals surface area contributed by atoms with Crippen LogP contribution in [0.2, 0.25) is 0 Å². The van der Waals surface area contributed by atoms with Gasteiger partial charge in [0.25, 0.3) is 0 Å². The zero-order valence-electron chi connectivity index (χ0n) is 12.0.